The van der Waals surface area contributed by atoms with Gasteiger partial charge in [0.2, 0.25) is 0 Å². The van der Waals surface area contributed by atoms with E-state index >= 15 is 0 Å². The summed E-state index contributed by atoms with van der Waals surface area (Å²) in [5, 5.41) is 97.2. The third-order valence-electron chi connectivity index (χ3n) is 12.0. The zero-order valence-corrected chi connectivity index (χ0v) is 36.9. The van der Waals surface area contributed by atoms with Crippen LogP contribution in [0.15, 0.2) is 85.1 Å². The maximum Gasteiger partial charge on any atom is 0.308 e. The number of rotatable bonds is 2. The Bertz CT molecular complexity index is 1530. The molecule has 3 aliphatic rings. The van der Waals surface area contributed by atoms with Crippen molar-refractivity contribution in [3.05, 3.63) is 85.1 Å². The van der Waals surface area contributed by atoms with Crippen LogP contribution in [0.1, 0.15) is 92.4 Å². The summed E-state index contributed by atoms with van der Waals surface area (Å²) in [5.74, 6) is -3.69. The van der Waals surface area contributed by atoms with Gasteiger partial charge in [0, 0.05) is 37.0 Å². The number of carbonyl (C=O) groups excluding carboxylic acids is 1. The molecule has 0 aliphatic carbocycles. The van der Waals surface area contributed by atoms with Gasteiger partial charge in [0.1, 0.15) is 12.2 Å². The van der Waals surface area contributed by atoms with Gasteiger partial charge < -0.3 is 70.6 Å². The number of allylic oxidation sites excluding steroid dienone is 12. The zero-order valence-electron chi connectivity index (χ0n) is 36.9. The van der Waals surface area contributed by atoms with Crippen LogP contribution in [-0.2, 0) is 23.7 Å². The lowest BCUT2D eigenvalue weighted by atomic mass is 9.84. The Balaban J connectivity index is 1.78. The van der Waals surface area contributed by atoms with Crippen molar-refractivity contribution >= 4 is 5.97 Å². The van der Waals surface area contributed by atoms with Crippen LogP contribution < -0.4 is 5.73 Å². The SMILES string of the molecule is C[C@@H]1[C@H](O)[C@@H](C)/C=C/C=C/C=C/C=C/C=C/C=C/C=C/[C@H](O[C@@H]2O[C@H](C)[C@@H](O)[C@H](N)[C@@H]2O)CC2O[C@](O)(C[C@@H](O)CCC[C@@H](O)CC(O)C[C@@H](O)CC(=O)O[C@H]1C)C[C@H](O)[C@H]2C. The summed E-state index contributed by atoms with van der Waals surface area (Å²) in [5.41, 5.74) is 6.06. The highest BCUT2D eigenvalue weighted by atomic mass is 16.7. The van der Waals surface area contributed by atoms with Gasteiger partial charge in [0.15, 0.2) is 12.1 Å². The van der Waals surface area contributed by atoms with Gasteiger partial charge in [-0.25, -0.2) is 0 Å². The number of hydrogen-bond donors (Lipinski definition) is 10. The minimum absolute atomic E-state index is 0.0763. The lowest BCUT2D eigenvalue weighted by Crippen LogP contribution is -2.61. The number of nitrogens with two attached hydrogens (primary N) is 1. The molecule has 18 atom stereocenters. The van der Waals surface area contributed by atoms with Crippen LogP contribution in [0.5, 0.6) is 0 Å². The van der Waals surface area contributed by atoms with Gasteiger partial charge in [-0.3, -0.25) is 4.79 Å². The van der Waals surface area contributed by atoms with E-state index in [9.17, 15) is 50.8 Å². The van der Waals surface area contributed by atoms with E-state index in [2.05, 4.69) is 0 Å². The first-order chi connectivity index (χ1) is 29.3. The molecule has 0 spiro atoms. The summed E-state index contributed by atoms with van der Waals surface area (Å²) < 4.78 is 23.7. The molecular weight excluding hydrogens is 803 g/mol. The van der Waals surface area contributed by atoms with Gasteiger partial charge in [-0.1, -0.05) is 106 Å². The fraction of sp³-hybridized carbons (Fsp3) is 0.681. The van der Waals surface area contributed by atoms with E-state index in [1.807, 2.05) is 67.7 Å². The van der Waals surface area contributed by atoms with Gasteiger partial charge in [-0.05, 0) is 46.0 Å². The smallest absolute Gasteiger partial charge is 0.308 e. The molecule has 2 bridgehead atoms. The number of fused-ring (bicyclic) bond motifs is 2. The van der Waals surface area contributed by atoms with Crippen LogP contribution in [-0.4, -0.2) is 143 Å². The zero-order chi connectivity index (χ0) is 46.0. The number of esters is 1. The van der Waals surface area contributed by atoms with E-state index in [1.165, 1.54) is 0 Å². The fourth-order valence-corrected chi connectivity index (χ4v) is 7.83. The number of aliphatic hydroxyl groups excluding tert-OH is 8. The monoisotopic (exact) mass is 878 g/mol. The number of hydrogen-bond acceptors (Lipinski definition) is 15. The topological polar surface area (TPSA) is 262 Å². The van der Waals surface area contributed by atoms with Crippen molar-refractivity contribution in [2.75, 3.05) is 0 Å². The quantitative estimate of drug-likeness (QED) is 0.179. The van der Waals surface area contributed by atoms with E-state index in [1.54, 1.807) is 52.0 Å². The number of cyclic esters (lactones) is 1. The van der Waals surface area contributed by atoms with E-state index in [0.717, 1.165) is 0 Å². The molecule has 3 aliphatic heterocycles. The Morgan fingerprint density at radius 2 is 1.18 bits per heavy atom. The standard InChI is InChI=1S/C47H75NO14/c1-29-19-16-14-12-10-8-6-7-9-11-13-15-17-22-38(61-46-45(57)42(48)44(56)33(5)60-46)26-40-31(3)39(53)28-47(58,62-40)27-35(50)21-18-20-34(49)23-36(51)24-37(52)25-41(54)59-32(4)30(2)43(29)55/h6-17,19,22,29-40,42-46,49-53,55-58H,18,20-21,23-28,48H2,1-5H3/b7-6+,10-8+,11-9+,14-12+,15-13+,19-16+,22-17+/t29-,30-,31+,32-,33+,34+,35-,36?,37+,38-,39-,40?,42-,43+,44+,45-,46-,47+/m0/s1. The van der Waals surface area contributed by atoms with Crippen LogP contribution in [0.4, 0.5) is 0 Å². The molecule has 0 aromatic carbocycles. The molecule has 0 aromatic heterocycles. The van der Waals surface area contributed by atoms with Crippen molar-refractivity contribution in [1.82, 2.24) is 0 Å². The van der Waals surface area contributed by atoms with E-state index in [0.29, 0.717) is 6.42 Å². The first-order valence-electron chi connectivity index (χ1n) is 22.1. The molecule has 15 heteroatoms. The Hall–Kier alpha value is -2.87. The molecule has 11 N–H and O–H groups in total. The Labute approximate surface area is 367 Å². The Morgan fingerprint density at radius 1 is 0.629 bits per heavy atom. The molecule has 62 heavy (non-hydrogen) atoms. The maximum absolute atomic E-state index is 12.6. The molecule has 2 saturated heterocycles. The molecule has 0 aromatic rings. The van der Waals surface area contributed by atoms with E-state index in [4.69, 9.17) is 24.7 Å². The van der Waals surface area contributed by atoms with Crippen molar-refractivity contribution in [3.8, 4) is 0 Å². The molecule has 3 heterocycles. The van der Waals surface area contributed by atoms with E-state index < -0.39 is 109 Å². The van der Waals surface area contributed by atoms with Crippen molar-refractivity contribution in [2.24, 2.45) is 23.5 Å². The minimum Gasteiger partial charge on any atom is -0.462 e. The van der Waals surface area contributed by atoms with Gasteiger partial charge in [0.25, 0.3) is 0 Å². The molecule has 2 fully saturated rings. The summed E-state index contributed by atoms with van der Waals surface area (Å²) in [7, 11) is 0. The molecule has 2 unspecified atom stereocenters. The summed E-state index contributed by atoms with van der Waals surface area (Å²) in [4.78, 5) is 12.6. The number of ether oxygens (including phenoxy) is 4. The average molecular weight is 878 g/mol. The molecule has 352 valence electrons. The molecule has 15 nitrogen and oxygen atoms in total. The highest BCUT2D eigenvalue weighted by Gasteiger charge is 2.47. The molecule has 0 amide bonds. The second kappa shape index (κ2) is 26.8. The lowest BCUT2D eigenvalue weighted by Gasteiger charge is -2.45. The lowest BCUT2D eigenvalue weighted by molar-refractivity contribution is -0.308. The summed E-state index contributed by atoms with van der Waals surface area (Å²) >= 11 is 0. The Morgan fingerprint density at radius 3 is 1.79 bits per heavy atom. The fourth-order valence-electron chi connectivity index (χ4n) is 7.83. The predicted molar refractivity (Wildman–Crippen MR) is 234 cm³/mol. The second-order valence-corrected chi connectivity index (χ2v) is 17.4. The van der Waals surface area contributed by atoms with Gasteiger partial charge >= 0.3 is 5.97 Å². The first kappa shape index (κ1) is 53.5. The van der Waals surface area contributed by atoms with Crippen LogP contribution in [0.3, 0.4) is 0 Å². The van der Waals surface area contributed by atoms with Crippen LogP contribution in [0.25, 0.3) is 0 Å². The normalized spacial score (nSPS) is 46.0. The summed E-state index contributed by atoms with van der Waals surface area (Å²) in [6.45, 7) is 8.71. The summed E-state index contributed by atoms with van der Waals surface area (Å²) in [6, 6.07) is -1.02. The van der Waals surface area contributed by atoms with Crippen molar-refractivity contribution < 1.29 is 69.7 Å². The van der Waals surface area contributed by atoms with Crippen LogP contribution >= 0.6 is 0 Å². The second-order valence-electron chi connectivity index (χ2n) is 17.4. The molecule has 0 radical (unpaired) electrons. The van der Waals surface area contributed by atoms with Gasteiger partial charge in [-0.15, -0.1) is 0 Å². The largest absolute Gasteiger partial charge is 0.462 e. The van der Waals surface area contributed by atoms with Crippen LogP contribution in [0, 0.1) is 17.8 Å². The van der Waals surface area contributed by atoms with Crippen molar-refractivity contribution in [2.45, 2.75) is 184 Å². The maximum atomic E-state index is 12.6. The third kappa shape index (κ3) is 18.3. The highest BCUT2D eigenvalue weighted by Crippen LogP contribution is 2.37. The highest BCUT2D eigenvalue weighted by molar-refractivity contribution is 5.70. The number of aliphatic hydroxyl groups is 9. The van der Waals surface area contributed by atoms with Gasteiger partial charge in [-0.2, -0.15) is 0 Å². The number of carbonyl (C=O) groups is 1. The predicted octanol–water partition coefficient (Wildman–Crippen LogP) is 2.68. The molecule has 3 rings (SSSR count). The van der Waals surface area contributed by atoms with Gasteiger partial charge in [0.05, 0.1) is 73.5 Å². The molecule has 0 saturated carbocycles. The Kier molecular flexibility index (Phi) is 23.1. The first-order valence-corrected chi connectivity index (χ1v) is 22.1. The third-order valence-corrected chi connectivity index (χ3v) is 12.0. The van der Waals surface area contributed by atoms with Crippen LogP contribution in [0.2, 0.25) is 0 Å². The van der Waals surface area contributed by atoms with Crippen molar-refractivity contribution in [3.63, 3.8) is 0 Å². The minimum atomic E-state index is -1.90. The molecular formula is C47H75NO14. The van der Waals surface area contributed by atoms with E-state index in [-0.39, 0.29) is 57.3 Å². The summed E-state index contributed by atoms with van der Waals surface area (Å²) in [6.07, 6.45) is 12.5. The average Bonchev–Trinajstić information content (AvgIpc) is 3.19. The van der Waals surface area contributed by atoms with Crippen molar-refractivity contribution in [1.29, 1.82) is 0 Å².